The Morgan fingerprint density at radius 1 is 1.21 bits per heavy atom. The van der Waals surface area contributed by atoms with Crippen LogP contribution in [0.2, 0.25) is 0 Å². The Kier molecular flexibility index (Phi) is 5.20. The standard InChI is InChI=1S/C14H26N2O3/c1-5-14(6-2,12(17)18)16-13(19)15-11-8-7-9(3)10(11)4/h9-11H,5-8H2,1-4H3,(H,17,18)(H2,15,16,19). The topological polar surface area (TPSA) is 78.4 Å². The predicted octanol–water partition coefficient (Wildman–Crippen LogP) is 2.36. The van der Waals surface area contributed by atoms with Gasteiger partial charge in [-0.3, -0.25) is 0 Å². The van der Waals surface area contributed by atoms with Gasteiger partial charge in [-0.25, -0.2) is 9.59 Å². The summed E-state index contributed by atoms with van der Waals surface area (Å²) in [6.07, 6.45) is 2.83. The molecular formula is C14H26N2O3. The molecule has 0 saturated heterocycles. The Hall–Kier alpha value is -1.26. The summed E-state index contributed by atoms with van der Waals surface area (Å²) >= 11 is 0. The molecule has 0 aliphatic heterocycles. The Morgan fingerprint density at radius 2 is 1.79 bits per heavy atom. The number of carbonyl (C=O) groups excluding carboxylic acids is 1. The summed E-state index contributed by atoms with van der Waals surface area (Å²) in [5.41, 5.74) is -1.16. The van der Waals surface area contributed by atoms with E-state index in [2.05, 4.69) is 24.5 Å². The average molecular weight is 270 g/mol. The highest BCUT2D eigenvalue weighted by molar-refractivity contribution is 5.86. The first-order valence-corrected chi connectivity index (χ1v) is 7.18. The van der Waals surface area contributed by atoms with Gasteiger partial charge in [0, 0.05) is 6.04 Å². The molecule has 0 aromatic heterocycles. The van der Waals surface area contributed by atoms with E-state index in [1.54, 1.807) is 13.8 Å². The van der Waals surface area contributed by atoms with Crippen LogP contribution < -0.4 is 10.6 Å². The van der Waals surface area contributed by atoms with Crippen molar-refractivity contribution < 1.29 is 14.7 Å². The van der Waals surface area contributed by atoms with Crippen LogP contribution in [0.5, 0.6) is 0 Å². The van der Waals surface area contributed by atoms with E-state index in [1.807, 2.05) is 0 Å². The third-order valence-electron chi connectivity index (χ3n) is 4.75. The van der Waals surface area contributed by atoms with E-state index in [0.29, 0.717) is 24.7 Å². The van der Waals surface area contributed by atoms with Gasteiger partial charge in [-0.1, -0.05) is 27.7 Å². The van der Waals surface area contributed by atoms with Crippen molar-refractivity contribution in [2.45, 2.75) is 65.0 Å². The van der Waals surface area contributed by atoms with Crippen molar-refractivity contribution in [3.05, 3.63) is 0 Å². The first kappa shape index (κ1) is 15.8. The minimum Gasteiger partial charge on any atom is -0.480 e. The maximum absolute atomic E-state index is 12.0. The Balaban J connectivity index is 2.61. The van der Waals surface area contributed by atoms with Crippen molar-refractivity contribution in [3.8, 4) is 0 Å². The van der Waals surface area contributed by atoms with Crippen LogP contribution in [0.15, 0.2) is 0 Å². The molecule has 3 unspecified atom stereocenters. The lowest BCUT2D eigenvalue weighted by Crippen LogP contribution is -2.58. The highest BCUT2D eigenvalue weighted by Crippen LogP contribution is 2.31. The maximum atomic E-state index is 12.0. The van der Waals surface area contributed by atoms with Gasteiger partial charge in [-0.15, -0.1) is 0 Å². The van der Waals surface area contributed by atoms with Gasteiger partial charge in [-0.2, -0.15) is 0 Å². The number of nitrogens with one attached hydrogen (secondary N) is 2. The van der Waals surface area contributed by atoms with E-state index in [1.165, 1.54) is 0 Å². The van der Waals surface area contributed by atoms with E-state index >= 15 is 0 Å². The van der Waals surface area contributed by atoms with E-state index in [0.717, 1.165) is 12.8 Å². The number of amides is 2. The van der Waals surface area contributed by atoms with Gasteiger partial charge in [0.2, 0.25) is 0 Å². The number of hydrogen-bond donors (Lipinski definition) is 3. The molecule has 1 aliphatic rings. The molecular weight excluding hydrogens is 244 g/mol. The molecule has 2 amide bonds. The molecule has 0 aromatic rings. The zero-order valence-electron chi connectivity index (χ0n) is 12.3. The summed E-state index contributed by atoms with van der Waals surface area (Å²) in [6.45, 7) is 7.87. The first-order valence-electron chi connectivity index (χ1n) is 7.18. The lowest BCUT2D eigenvalue weighted by atomic mass is 9.93. The fraction of sp³-hybridized carbons (Fsp3) is 0.857. The minimum atomic E-state index is -1.16. The molecule has 5 heteroatoms. The van der Waals surface area contributed by atoms with Crippen LogP contribution in [-0.4, -0.2) is 28.7 Å². The summed E-state index contributed by atoms with van der Waals surface area (Å²) < 4.78 is 0. The van der Waals surface area contributed by atoms with Crippen molar-refractivity contribution >= 4 is 12.0 Å². The molecule has 1 rings (SSSR count). The van der Waals surface area contributed by atoms with Gasteiger partial charge >= 0.3 is 12.0 Å². The van der Waals surface area contributed by atoms with E-state index in [-0.39, 0.29) is 12.1 Å². The number of aliphatic carboxylic acids is 1. The SMILES string of the molecule is CCC(CC)(NC(=O)NC1CCC(C)C1C)C(=O)O. The third-order valence-corrected chi connectivity index (χ3v) is 4.75. The van der Waals surface area contributed by atoms with Crippen LogP contribution in [-0.2, 0) is 4.79 Å². The molecule has 5 nitrogen and oxygen atoms in total. The fourth-order valence-corrected chi connectivity index (χ4v) is 2.77. The van der Waals surface area contributed by atoms with E-state index in [9.17, 15) is 14.7 Å². The molecule has 3 N–H and O–H groups in total. The Morgan fingerprint density at radius 3 is 2.16 bits per heavy atom. The molecule has 1 saturated carbocycles. The van der Waals surface area contributed by atoms with Crippen LogP contribution in [0.1, 0.15) is 53.4 Å². The smallest absolute Gasteiger partial charge is 0.329 e. The van der Waals surface area contributed by atoms with Crippen molar-refractivity contribution in [1.82, 2.24) is 10.6 Å². The van der Waals surface area contributed by atoms with Crippen molar-refractivity contribution in [3.63, 3.8) is 0 Å². The lowest BCUT2D eigenvalue weighted by Gasteiger charge is -2.29. The number of hydrogen-bond acceptors (Lipinski definition) is 2. The summed E-state index contributed by atoms with van der Waals surface area (Å²) in [7, 11) is 0. The zero-order chi connectivity index (χ0) is 14.6. The van der Waals surface area contributed by atoms with Gasteiger partial charge in [-0.05, 0) is 37.5 Å². The molecule has 3 atom stereocenters. The summed E-state index contributed by atoms with van der Waals surface area (Å²) in [6, 6.07) is -0.216. The number of urea groups is 1. The van der Waals surface area contributed by atoms with Gasteiger partial charge < -0.3 is 15.7 Å². The minimum absolute atomic E-state index is 0.148. The second-order valence-corrected chi connectivity index (χ2v) is 5.71. The molecule has 0 spiro atoms. The lowest BCUT2D eigenvalue weighted by molar-refractivity contribution is -0.144. The van der Waals surface area contributed by atoms with E-state index in [4.69, 9.17) is 0 Å². The second-order valence-electron chi connectivity index (χ2n) is 5.71. The molecule has 1 fully saturated rings. The van der Waals surface area contributed by atoms with Gasteiger partial charge in [0.25, 0.3) is 0 Å². The fourth-order valence-electron chi connectivity index (χ4n) is 2.77. The first-order chi connectivity index (χ1) is 8.86. The predicted molar refractivity (Wildman–Crippen MR) is 74.0 cm³/mol. The zero-order valence-corrected chi connectivity index (χ0v) is 12.3. The molecule has 0 heterocycles. The third kappa shape index (κ3) is 3.39. The van der Waals surface area contributed by atoms with Crippen LogP contribution >= 0.6 is 0 Å². The van der Waals surface area contributed by atoms with Gasteiger partial charge in [0.05, 0.1) is 0 Å². The Labute approximate surface area is 115 Å². The van der Waals surface area contributed by atoms with Crippen LogP contribution in [0.25, 0.3) is 0 Å². The highest BCUT2D eigenvalue weighted by atomic mass is 16.4. The monoisotopic (exact) mass is 270 g/mol. The molecule has 19 heavy (non-hydrogen) atoms. The quantitative estimate of drug-likeness (QED) is 0.717. The van der Waals surface area contributed by atoms with Crippen molar-refractivity contribution in [1.29, 1.82) is 0 Å². The normalized spacial score (nSPS) is 27.1. The number of carboxylic acid groups (broad SMARTS) is 1. The number of rotatable bonds is 5. The summed E-state index contributed by atoms with van der Waals surface area (Å²) in [5, 5.41) is 14.9. The molecule has 0 aromatic carbocycles. The van der Waals surface area contributed by atoms with Crippen LogP contribution in [0, 0.1) is 11.8 Å². The van der Waals surface area contributed by atoms with Crippen LogP contribution in [0.3, 0.4) is 0 Å². The molecule has 0 radical (unpaired) electrons. The van der Waals surface area contributed by atoms with E-state index < -0.39 is 11.5 Å². The molecule has 110 valence electrons. The number of carboxylic acids is 1. The summed E-state index contributed by atoms with van der Waals surface area (Å²) in [4.78, 5) is 23.3. The van der Waals surface area contributed by atoms with Crippen molar-refractivity contribution in [2.75, 3.05) is 0 Å². The number of carbonyl (C=O) groups is 2. The molecule has 0 bridgehead atoms. The largest absolute Gasteiger partial charge is 0.480 e. The Bertz CT molecular complexity index is 340. The maximum Gasteiger partial charge on any atom is 0.329 e. The average Bonchev–Trinajstić information content (AvgIpc) is 2.67. The van der Waals surface area contributed by atoms with Gasteiger partial charge in [0.1, 0.15) is 5.54 Å². The molecule has 1 aliphatic carbocycles. The van der Waals surface area contributed by atoms with Crippen LogP contribution in [0.4, 0.5) is 4.79 Å². The van der Waals surface area contributed by atoms with Gasteiger partial charge in [0.15, 0.2) is 0 Å². The highest BCUT2D eigenvalue weighted by Gasteiger charge is 2.38. The van der Waals surface area contributed by atoms with Crippen molar-refractivity contribution in [2.24, 2.45) is 11.8 Å². The summed E-state index contributed by atoms with van der Waals surface area (Å²) in [5.74, 6) is 0.0700. The second kappa shape index (κ2) is 6.26.